The Bertz CT molecular complexity index is 820. The SMILES string of the molecule is COCC(=O)Nc1cccc(NC(=O)N2CCN(c3ccc(F)cc3)CC2)c1. The molecule has 0 saturated carbocycles. The lowest BCUT2D eigenvalue weighted by molar-refractivity contribution is -0.119. The van der Waals surface area contributed by atoms with E-state index in [0.29, 0.717) is 37.6 Å². The van der Waals surface area contributed by atoms with Crippen molar-refractivity contribution in [2.24, 2.45) is 0 Å². The van der Waals surface area contributed by atoms with E-state index in [1.165, 1.54) is 19.2 Å². The average Bonchev–Trinajstić information content (AvgIpc) is 2.69. The fourth-order valence-electron chi connectivity index (χ4n) is 3.03. The number of carbonyl (C=O) groups excluding carboxylic acids is 2. The predicted octanol–water partition coefficient (Wildman–Crippen LogP) is 2.76. The van der Waals surface area contributed by atoms with E-state index in [2.05, 4.69) is 15.5 Å². The van der Waals surface area contributed by atoms with E-state index < -0.39 is 0 Å². The zero-order valence-corrected chi connectivity index (χ0v) is 15.7. The topological polar surface area (TPSA) is 73.9 Å². The highest BCUT2D eigenvalue weighted by Gasteiger charge is 2.21. The van der Waals surface area contributed by atoms with Gasteiger partial charge in [0.15, 0.2) is 0 Å². The Labute approximate surface area is 163 Å². The molecule has 1 fully saturated rings. The molecule has 28 heavy (non-hydrogen) atoms. The predicted molar refractivity (Wildman–Crippen MR) is 106 cm³/mol. The Morgan fingerprint density at radius 2 is 1.64 bits per heavy atom. The summed E-state index contributed by atoms with van der Waals surface area (Å²) < 4.78 is 17.8. The molecule has 3 rings (SSSR count). The zero-order chi connectivity index (χ0) is 19.9. The summed E-state index contributed by atoms with van der Waals surface area (Å²) in [5.41, 5.74) is 2.13. The summed E-state index contributed by atoms with van der Waals surface area (Å²) in [5, 5.41) is 5.56. The number of benzene rings is 2. The Hall–Kier alpha value is -3.13. The summed E-state index contributed by atoms with van der Waals surface area (Å²) >= 11 is 0. The van der Waals surface area contributed by atoms with Crippen LogP contribution in [0.15, 0.2) is 48.5 Å². The van der Waals surface area contributed by atoms with Crippen LogP contribution in [0.3, 0.4) is 0 Å². The number of methoxy groups -OCH3 is 1. The van der Waals surface area contributed by atoms with Gasteiger partial charge >= 0.3 is 6.03 Å². The third-order valence-corrected chi connectivity index (χ3v) is 4.43. The van der Waals surface area contributed by atoms with Crippen LogP contribution in [0.25, 0.3) is 0 Å². The van der Waals surface area contributed by atoms with E-state index in [1.54, 1.807) is 41.3 Å². The lowest BCUT2D eigenvalue weighted by atomic mass is 10.2. The van der Waals surface area contributed by atoms with Crippen molar-refractivity contribution in [3.63, 3.8) is 0 Å². The third kappa shape index (κ3) is 5.20. The van der Waals surface area contributed by atoms with E-state index in [1.807, 2.05) is 0 Å². The number of anilines is 3. The number of nitrogens with zero attached hydrogens (tertiary/aromatic N) is 2. The summed E-state index contributed by atoms with van der Waals surface area (Å²) in [4.78, 5) is 28.0. The maximum absolute atomic E-state index is 13.1. The molecule has 0 bridgehead atoms. The zero-order valence-electron chi connectivity index (χ0n) is 15.7. The molecule has 1 aliphatic heterocycles. The van der Waals surface area contributed by atoms with Gasteiger partial charge < -0.3 is 25.2 Å². The summed E-state index contributed by atoms with van der Waals surface area (Å²) in [6.07, 6.45) is 0. The average molecular weight is 386 g/mol. The number of hydrogen-bond donors (Lipinski definition) is 2. The highest BCUT2D eigenvalue weighted by Crippen LogP contribution is 2.19. The van der Waals surface area contributed by atoms with Crippen molar-refractivity contribution in [2.75, 3.05) is 55.4 Å². The van der Waals surface area contributed by atoms with Crippen LogP contribution in [0.1, 0.15) is 0 Å². The van der Waals surface area contributed by atoms with E-state index in [-0.39, 0.29) is 24.4 Å². The van der Waals surface area contributed by atoms with Crippen LogP contribution in [0.2, 0.25) is 0 Å². The Morgan fingerprint density at radius 1 is 1.00 bits per heavy atom. The minimum absolute atomic E-state index is 0.0328. The quantitative estimate of drug-likeness (QED) is 0.829. The first-order chi connectivity index (χ1) is 13.5. The van der Waals surface area contributed by atoms with Gasteiger partial charge in [0.05, 0.1) is 0 Å². The molecule has 2 N–H and O–H groups in total. The van der Waals surface area contributed by atoms with Gasteiger partial charge in [-0.05, 0) is 42.5 Å². The van der Waals surface area contributed by atoms with Gasteiger partial charge in [-0.25, -0.2) is 9.18 Å². The van der Waals surface area contributed by atoms with Crippen LogP contribution in [0, 0.1) is 5.82 Å². The normalized spacial score (nSPS) is 13.9. The van der Waals surface area contributed by atoms with Crippen molar-refractivity contribution in [1.29, 1.82) is 0 Å². The van der Waals surface area contributed by atoms with Crippen molar-refractivity contribution in [1.82, 2.24) is 4.90 Å². The largest absolute Gasteiger partial charge is 0.375 e. The van der Waals surface area contributed by atoms with Gasteiger partial charge in [0.2, 0.25) is 5.91 Å². The maximum Gasteiger partial charge on any atom is 0.321 e. The molecular formula is C20H23FN4O3. The minimum atomic E-state index is -0.262. The molecule has 1 saturated heterocycles. The Kier molecular flexibility index (Phi) is 6.44. The summed E-state index contributed by atoms with van der Waals surface area (Å²) in [6, 6.07) is 13.1. The van der Waals surface area contributed by atoms with Crippen LogP contribution >= 0.6 is 0 Å². The number of piperazine rings is 1. The third-order valence-electron chi connectivity index (χ3n) is 4.43. The molecule has 1 aliphatic rings. The second-order valence-electron chi connectivity index (χ2n) is 6.44. The first-order valence-electron chi connectivity index (χ1n) is 9.00. The molecule has 2 aromatic rings. The second-order valence-corrected chi connectivity index (χ2v) is 6.44. The second kappa shape index (κ2) is 9.18. The molecule has 148 valence electrons. The van der Waals surface area contributed by atoms with Crippen LogP contribution in [-0.4, -0.2) is 56.7 Å². The Morgan fingerprint density at radius 3 is 2.29 bits per heavy atom. The lowest BCUT2D eigenvalue weighted by Crippen LogP contribution is -2.50. The van der Waals surface area contributed by atoms with Crippen molar-refractivity contribution in [2.45, 2.75) is 0 Å². The minimum Gasteiger partial charge on any atom is -0.375 e. The van der Waals surface area contributed by atoms with Crippen molar-refractivity contribution >= 4 is 29.0 Å². The van der Waals surface area contributed by atoms with Gasteiger partial charge in [0.1, 0.15) is 12.4 Å². The maximum atomic E-state index is 13.1. The number of urea groups is 1. The molecule has 0 atom stereocenters. The smallest absolute Gasteiger partial charge is 0.321 e. The number of nitrogens with one attached hydrogen (secondary N) is 2. The number of amides is 3. The first kappa shape index (κ1) is 19.6. The number of carbonyl (C=O) groups is 2. The molecule has 7 nitrogen and oxygen atoms in total. The van der Waals surface area contributed by atoms with Gasteiger partial charge in [0.25, 0.3) is 0 Å². The molecule has 2 aromatic carbocycles. The summed E-state index contributed by atoms with van der Waals surface area (Å²) in [6.45, 7) is 2.44. The summed E-state index contributed by atoms with van der Waals surface area (Å²) in [5.74, 6) is -0.523. The highest BCUT2D eigenvalue weighted by atomic mass is 19.1. The highest BCUT2D eigenvalue weighted by molar-refractivity contribution is 5.94. The van der Waals surface area contributed by atoms with E-state index in [0.717, 1.165) is 5.69 Å². The molecule has 0 spiro atoms. The molecule has 0 aromatic heterocycles. The molecule has 0 radical (unpaired) electrons. The van der Waals surface area contributed by atoms with Crippen molar-refractivity contribution in [3.05, 3.63) is 54.3 Å². The van der Waals surface area contributed by atoms with Gasteiger partial charge in [0, 0.05) is 50.4 Å². The molecule has 0 unspecified atom stereocenters. The monoisotopic (exact) mass is 386 g/mol. The number of hydrogen-bond acceptors (Lipinski definition) is 4. The van der Waals surface area contributed by atoms with Gasteiger partial charge in [-0.3, -0.25) is 4.79 Å². The van der Waals surface area contributed by atoms with Gasteiger partial charge in [-0.15, -0.1) is 0 Å². The van der Waals surface area contributed by atoms with Crippen LogP contribution < -0.4 is 15.5 Å². The molecular weight excluding hydrogens is 363 g/mol. The van der Waals surface area contributed by atoms with Gasteiger partial charge in [-0.1, -0.05) is 6.07 Å². The van der Waals surface area contributed by atoms with Crippen LogP contribution in [-0.2, 0) is 9.53 Å². The number of ether oxygens (including phenoxy) is 1. The lowest BCUT2D eigenvalue weighted by Gasteiger charge is -2.36. The standard InChI is InChI=1S/C20H23FN4O3/c1-28-14-19(26)22-16-3-2-4-17(13-16)23-20(27)25-11-9-24(10-12-25)18-7-5-15(21)6-8-18/h2-8,13H,9-12,14H2,1H3,(H,22,26)(H,23,27). The van der Waals surface area contributed by atoms with Crippen molar-refractivity contribution < 1.29 is 18.7 Å². The van der Waals surface area contributed by atoms with Crippen molar-refractivity contribution in [3.8, 4) is 0 Å². The van der Waals surface area contributed by atoms with E-state index in [4.69, 9.17) is 4.74 Å². The van der Waals surface area contributed by atoms with Crippen LogP contribution in [0.5, 0.6) is 0 Å². The first-order valence-corrected chi connectivity index (χ1v) is 9.00. The fraction of sp³-hybridized carbons (Fsp3) is 0.300. The molecule has 3 amide bonds. The van der Waals surface area contributed by atoms with E-state index >= 15 is 0 Å². The van der Waals surface area contributed by atoms with Crippen LogP contribution in [0.4, 0.5) is 26.2 Å². The Balaban J connectivity index is 1.53. The number of rotatable bonds is 5. The molecule has 0 aliphatic carbocycles. The molecule has 1 heterocycles. The fourth-order valence-corrected chi connectivity index (χ4v) is 3.03. The number of halogens is 1. The molecule has 8 heteroatoms. The summed E-state index contributed by atoms with van der Waals surface area (Å²) in [7, 11) is 1.45. The van der Waals surface area contributed by atoms with E-state index in [9.17, 15) is 14.0 Å². The van der Waals surface area contributed by atoms with Gasteiger partial charge in [-0.2, -0.15) is 0 Å².